The van der Waals surface area contributed by atoms with Crippen LogP contribution in [0.2, 0.25) is 5.02 Å². The molecule has 0 fully saturated rings. The summed E-state index contributed by atoms with van der Waals surface area (Å²) >= 11 is 5.91. The van der Waals surface area contributed by atoms with Crippen molar-refractivity contribution >= 4 is 17.5 Å². The number of nitrogens with zero attached hydrogens (tertiary/aromatic N) is 1. The largest absolute Gasteiger partial charge is 0.385 e. The van der Waals surface area contributed by atoms with E-state index in [1.807, 2.05) is 12.1 Å². The van der Waals surface area contributed by atoms with Crippen LogP contribution in [0.3, 0.4) is 0 Å². The summed E-state index contributed by atoms with van der Waals surface area (Å²) < 4.78 is 0. The molecule has 0 unspecified atom stereocenters. The fraction of sp³-hybridized carbons (Fsp3) is 0.222. The molecule has 0 saturated heterocycles. The molecule has 2 atom stereocenters. The van der Waals surface area contributed by atoms with Gasteiger partial charge in [-0.2, -0.15) is 5.26 Å². The zero-order valence-electron chi connectivity index (χ0n) is 12.7. The molecule has 5 heteroatoms. The lowest BCUT2D eigenvalue weighted by molar-refractivity contribution is -0.126. The van der Waals surface area contributed by atoms with Gasteiger partial charge in [0.15, 0.2) is 0 Å². The Bertz CT molecular complexity index is 723. The van der Waals surface area contributed by atoms with Crippen LogP contribution < -0.4 is 5.32 Å². The van der Waals surface area contributed by atoms with Gasteiger partial charge in [0.25, 0.3) is 0 Å². The molecule has 1 amide bonds. The van der Waals surface area contributed by atoms with E-state index in [2.05, 4.69) is 5.32 Å². The zero-order valence-corrected chi connectivity index (χ0v) is 13.4. The first-order valence-corrected chi connectivity index (χ1v) is 7.52. The average molecular weight is 329 g/mol. The molecule has 2 rings (SSSR count). The molecule has 0 aliphatic carbocycles. The van der Waals surface area contributed by atoms with Crippen LogP contribution in [-0.2, 0) is 10.4 Å². The van der Waals surface area contributed by atoms with E-state index in [-0.39, 0.29) is 6.42 Å². The summed E-state index contributed by atoms with van der Waals surface area (Å²) in [6, 6.07) is 16.9. The molecule has 2 N–H and O–H groups in total. The van der Waals surface area contributed by atoms with Crippen molar-refractivity contribution in [3.05, 3.63) is 70.7 Å². The van der Waals surface area contributed by atoms with Crippen LogP contribution in [0.5, 0.6) is 0 Å². The van der Waals surface area contributed by atoms with Crippen molar-refractivity contribution in [1.29, 1.82) is 5.26 Å². The van der Waals surface area contributed by atoms with Gasteiger partial charge in [-0.3, -0.25) is 4.79 Å². The third-order valence-electron chi connectivity index (χ3n) is 3.52. The maximum Gasteiger partial charge on any atom is 0.224 e. The summed E-state index contributed by atoms with van der Waals surface area (Å²) in [5.74, 6) is -0.412. The second-order valence-electron chi connectivity index (χ2n) is 5.50. The second kappa shape index (κ2) is 7.28. The van der Waals surface area contributed by atoms with E-state index in [1.165, 1.54) is 0 Å². The number of nitrogens with one attached hydrogen (secondary N) is 1. The molecule has 0 aliphatic heterocycles. The number of amides is 1. The van der Waals surface area contributed by atoms with Crippen molar-refractivity contribution in [1.82, 2.24) is 5.32 Å². The highest BCUT2D eigenvalue weighted by Gasteiger charge is 2.27. The van der Waals surface area contributed by atoms with Crippen LogP contribution in [0.25, 0.3) is 0 Å². The minimum absolute atomic E-state index is 0.143. The lowest BCUT2D eigenvalue weighted by atomic mass is 9.92. The number of nitriles is 1. The summed E-state index contributed by atoms with van der Waals surface area (Å²) in [7, 11) is 0. The highest BCUT2D eigenvalue weighted by atomic mass is 35.5. The Kier molecular flexibility index (Phi) is 5.38. The summed E-state index contributed by atoms with van der Waals surface area (Å²) in [5, 5.41) is 22.9. The van der Waals surface area contributed by atoms with Crippen LogP contribution >= 0.6 is 11.6 Å². The maximum absolute atomic E-state index is 12.2. The van der Waals surface area contributed by atoms with Crippen molar-refractivity contribution in [3.8, 4) is 6.07 Å². The van der Waals surface area contributed by atoms with Crippen LogP contribution in [0.15, 0.2) is 54.6 Å². The van der Waals surface area contributed by atoms with Gasteiger partial charge in [0, 0.05) is 5.02 Å². The quantitative estimate of drug-likeness (QED) is 0.884. The maximum atomic E-state index is 12.2. The Morgan fingerprint density at radius 1 is 1.30 bits per heavy atom. The Morgan fingerprint density at radius 2 is 2.00 bits per heavy atom. The number of carbonyl (C=O) groups excluding carboxylic acids is 1. The van der Waals surface area contributed by atoms with Crippen LogP contribution in [0, 0.1) is 11.3 Å². The molecule has 0 aromatic heterocycles. The number of aliphatic hydroxyl groups is 1. The summed E-state index contributed by atoms with van der Waals surface area (Å²) in [6.45, 7) is 1.57. The number of rotatable bonds is 5. The third kappa shape index (κ3) is 4.56. The van der Waals surface area contributed by atoms with Gasteiger partial charge in [0.05, 0.1) is 18.1 Å². The minimum Gasteiger partial charge on any atom is -0.385 e. The van der Waals surface area contributed by atoms with Gasteiger partial charge >= 0.3 is 0 Å². The third-order valence-corrected chi connectivity index (χ3v) is 3.75. The predicted octanol–water partition coefficient (Wildman–Crippen LogP) is 3.32. The molecule has 23 heavy (non-hydrogen) atoms. The summed E-state index contributed by atoms with van der Waals surface area (Å²) in [4.78, 5) is 12.2. The first kappa shape index (κ1) is 17.0. The Morgan fingerprint density at radius 3 is 2.61 bits per heavy atom. The summed E-state index contributed by atoms with van der Waals surface area (Å²) in [5.41, 5.74) is -0.0567. The molecule has 4 nitrogen and oxygen atoms in total. The van der Waals surface area contributed by atoms with E-state index in [4.69, 9.17) is 11.6 Å². The lowest BCUT2D eigenvalue weighted by Crippen LogP contribution is -2.34. The summed E-state index contributed by atoms with van der Waals surface area (Å²) in [6.07, 6.45) is -0.143. The van der Waals surface area contributed by atoms with Crippen LogP contribution in [0.1, 0.15) is 30.5 Å². The van der Waals surface area contributed by atoms with E-state index in [0.29, 0.717) is 16.1 Å². The highest BCUT2D eigenvalue weighted by molar-refractivity contribution is 6.30. The normalized spacial score (nSPS) is 14.3. The molecule has 0 heterocycles. The van der Waals surface area contributed by atoms with E-state index in [1.54, 1.807) is 55.5 Å². The monoisotopic (exact) mass is 328 g/mol. The Balaban J connectivity index is 2.08. The molecule has 0 radical (unpaired) electrons. The second-order valence-corrected chi connectivity index (χ2v) is 5.94. The number of benzene rings is 2. The van der Waals surface area contributed by atoms with E-state index >= 15 is 0 Å². The number of halogens is 1. The molecule has 0 bridgehead atoms. The standard InChI is InChI=1S/C18H17ClN2O2/c1-18(23,14-7-3-2-4-8-14)11-17(22)21-16(12-20)13-6-5-9-15(19)10-13/h2-10,16,23H,11H2,1H3,(H,21,22)/t16-,18+/m1/s1. The molecule has 2 aromatic carbocycles. The van der Waals surface area contributed by atoms with Crippen molar-refractivity contribution < 1.29 is 9.90 Å². The van der Waals surface area contributed by atoms with Gasteiger partial charge in [-0.1, -0.05) is 54.1 Å². The number of hydrogen-bond acceptors (Lipinski definition) is 3. The van der Waals surface area contributed by atoms with Gasteiger partial charge in [-0.05, 0) is 30.2 Å². The van der Waals surface area contributed by atoms with Crippen LogP contribution in [-0.4, -0.2) is 11.0 Å². The molecular formula is C18H17ClN2O2. The Labute approximate surface area is 140 Å². The van der Waals surface area contributed by atoms with E-state index in [0.717, 1.165) is 0 Å². The fourth-order valence-corrected chi connectivity index (χ4v) is 2.50. The Hall–Kier alpha value is -2.35. The van der Waals surface area contributed by atoms with Crippen molar-refractivity contribution in [2.75, 3.05) is 0 Å². The molecule has 2 aromatic rings. The zero-order chi connectivity index (χ0) is 16.9. The van der Waals surface area contributed by atoms with Crippen molar-refractivity contribution in [2.45, 2.75) is 25.0 Å². The van der Waals surface area contributed by atoms with Crippen LogP contribution in [0.4, 0.5) is 0 Å². The SMILES string of the molecule is C[C@](O)(CC(=O)N[C@H](C#N)c1cccc(Cl)c1)c1ccccc1. The van der Waals surface area contributed by atoms with Gasteiger partial charge in [-0.25, -0.2) is 0 Å². The molecule has 0 saturated carbocycles. The fourth-order valence-electron chi connectivity index (χ4n) is 2.30. The van der Waals surface area contributed by atoms with Gasteiger partial charge in [0.2, 0.25) is 5.91 Å². The smallest absolute Gasteiger partial charge is 0.224 e. The number of carbonyl (C=O) groups is 1. The molecule has 118 valence electrons. The molecular weight excluding hydrogens is 312 g/mol. The topological polar surface area (TPSA) is 73.1 Å². The predicted molar refractivity (Wildman–Crippen MR) is 88.6 cm³/mol. The highest BCUT2D eigenvalue weighted by Crippen LogP contribution is 2.25. The van der Waals surface area contributed by atoms with Gasteiger partial charge < -0.3 is 10.4 Å². The minimum atomic E-state index is -1.31. The molecule has 0 spiro atoms. The lowest BCUT2D eigenvalue weighted by Gasteiger charge is -2.24. The van der Waals surface area contributed by atoms with E-state index < -0.39 is 17.6 Å². The molecule has 0 aliphatic rings. The average Bonchev–Trinajstić information content (AvgIpc) is 2.53. The first-order chi connectivity index (χ1) is 10.9. The van der Waals surface area contributed by atoms with Gasteiger partial charge in [0.1, 0.15) is 6.04 Å². The van der Waals surface area contributed by atoms with Crippen molar-refractivity contribution in [2.24, 2.45) is 0 Å². The van der Waals surface area contributed by atoms with Gasteiger partial charge in [-0.15, -0.1) is 0 Å². The first-order valence-electron chi connectivity index (χ1n) is 7.15. The van der Waals surface area contributed by atoms with E-state index in [9.17, 15) is 15.2 Å². The van der Waals surface area contributed by atoms with Crippen molar-refractivity contribution in [3.63, 3.8) is 0 Å². The number of hydrogen-bond donors (Lipinski definition) is 2.